The molecule has 0 N–H and O–H groups in total. The maximum absolute atomic E-state index is 12.3. The summed E-state index contributed by atoms with van der Waals surface area (Å²) in [6, 6.07) is 9.92. The Balaban J connectivity index is 2.08. The zero-order valence-electron chi connectivity index (χ0n) is 14.5. The molecule has 2 rings (SSSR count). The van der Waals surface area contributed by atoms with Gasteiger partial charge in [-0.25, -0.2) is 4.79 Å². The molecule has 0 aliphatic heterocycles. The lowest BCUT2D eigenvalue weighted by Crippen LogP contribution is -2.26. The van der Waals surface area contributed by atoms with Crippen molar-refractivity contribution in [3.63, 3.8) is 0 Å². The van der Waals surface area contributed by atoms with Crippen molar-refractivity contribution >= 4 is 21.8 Å². The van der Waals surface area contributed by atoms with Crippen LogP contribution in [0.3, 0.4) is 0 Å². The lowest BCUT2D eigenvalue weighted by molar-refractivity contribution is -0.384. The van der Waals surface area contributed by atoms with Crippen molar-refractivity contribution in [2.24, 2.45) is 0 Å². The van der Waals surface area contributed by atoms with Crippen molar-refractivity contribution in [3.8, 4) is 11.5 Å². The average Bonchev–Trinajstić information content (AvgIpc) is 2.62. The third-order valence-corrected chi connectivity index (χ3v) is 4.56. The molecule has 0 aliphatic carbocycles. The van der Waals surface area contributed by atoms with Crippen molar-refractivity contribution in [3.05, 3.63) is 58.6 Å². The molecule has 2 aromatic rings. The van der Waals surface area contributed by atoms with Crippen LogP contribution in [0.4, 0.5) is 5.69 Å². The predicted molar refractivity (Wildman–Crippen MR) is 94.1 cm³/mol. The van der Waals surface area contributed by atoms with Crippen LogP contribution < -0.4 is 8.92 Å². The van der Waals surface area contributed by atoms with E-state index in [9.17, 15) is 23.3 Å². The molecule has 9 nitrogen and oxygen atoms in total. The van der Waals surface area contributed by atoms with Gasteiger partial charge < -0.3 is 13.7 Å². The first-order chi connectivity index (χ1) is 12.7. The van der Waals surface area contributed by atoms with E-state index in [-0.39, 0.29) is 28.7 Å². The molecule has 144 valence electrons. The number of rotatable bonds is 8. The first-order valence-electron chi connectivity index (χ1n) is 7.85. The summed E-state index contributed by atoms with van der Waals surface area (Å²) in [5, 5.41) is 10.6. The first-order valence-corrected chi connectivity index (χ1v) is 9.26. The molecule has 0 heterocycles. The summed E-state index contributed by atoms with van der Waals surface area (Å²) in [5.41, 5.74) is -0.183. The lowest BCUT2D eigenvalue weighted by Gasteiger charge is -2.13. The van der Waals surface area contributed by atoms with Crippen LogP contribution in [0.2, 0.25) is 0 Å². The Hall–Kier alpha value is -3.14. The summed E-state index contributed by atoms with van der Waals surface area (Å²) in [6.07, 6.45) is -0.844. The molecule has 0 saturated carbocycles. The molecule has 0 aromatic heterocycles. The number of nitro groups is 1. The first kappa shape index (κ1) is 20.2. The molecule has 0 saturated heterocycles. The SMILES string of the molecule is CCOC(=O)C(C)Oc1ccc(S(=O)(=O)Oc2ccc([N+](=O)[O-])cc2)cc1. The summed E-state index contributed by atoms with van der Waals surface area (Å²) in [6.45, 7) is 3.42. The van der Waals surface area contributed by atoms with Gasteiger partial charge in [-0.3, -0.25) is 10.1 Å². The Morgan fingerprint density at radius 3 is 2.15 bits per heavy atom. The van der Waals surface area contributed by atoms with E-state index in [1.165, 1.54) is 43.3 Å². The number of carbonyl (C=O) groups is 1. The fraction of sp³-hybridized carbons (Fsp3) is 0.235. The van der Waals surface area contributed by atoms with Crippen LogP contribution in [0, 0.1) is 10.1 Å². The molecule has 0 bridgehead atoms. The summed E-state index contributed by atoms with van der Waals surface area (Å²) in [7, 11) is -4.13. The molecule has 10 heteroatoms. The van der Waals surface area contributed by atoms with E-state index in [0.29, 0.717) is 0 Å². The van der Waals surface area contributed by atoms with Gasteiger partial charge in [-0.05, 0) is 50.2 Å². The zero-order chi connectivity index (χ0) is 20.0. The predicted octanol–water partition coefficient (Wildman–Crippen LogP) is 2.69. The molecule has 0 aliphatic rings. The fourth-order valence-electron chi connectivity index (χ4n) is 1.99. The van der Waals surface area contributed by atoms with Gasteiger partial charge in [0.1, 0.15) is 16.4 Å². The lowest BCUT2D eigenvalue weighted by atomic mass is 10.3. The van der Waals surface area contributed by atoms with E-state index in [4.69, 9.17) is 13.7 Å². The molecule has 0 radical (unpaired) electrons. The molecule has 0 fully saturated rings. The third kappa shape index (κ3) is 5.42. The fourth-order valence-corrected chi connectivity index (χ4v) is 2.93. The minimum absolute atomic E-state index is 0.0585. The van der Waals surface area contributed by atoms with Gasteiger partial charge in [-0.2, -0.15) is 8.42 Å². The zero-order valence-corrected chi connectivity index (χ0v) is 15.3. The van der Waals surface area contributed by atoms with Crippen LogP contribution in [0.25, 0.3) is 0 Å². The second-order valence-corrected chi connectivity index (χ2v) is 6.82. The Morgan fingerprint density at radius 2 is 1.63 bits per heavy atom. The maximum Gasteiger partial charge on any atom is 0.347 e. The summed E-state index contributed by atoms with van der Waals surface area (Å²) < 4.78 is 39.7. The second-order valence-electron chi connectivity index (χ2n) is 5.27. The van der Waals surface area contributed by atoms with Crippen LogP contribution in [-0.4, -0.2) is 32.0 Å². The number of nitrogens with zero attached hydrogens (tertiary/aromatic N) is 1. The molecular weight excluding hydrogens is 378 g/mol. The van der Waals surface area contributed by atoms with Gasteiger partial charge in [0.2, 0.25) is 0 Å². The highest BCUT2D eigenvalue weighted by atomic mass is 32.2. The van der Waals surface area contributed by atoms with E-state index in [1.54, 1.807) is 6.92 Å². The van der Waals surface area contributed by atoms with Gasteiger partial charge >= 0.3 is 16.1 Å². The van der Waals surface area contributed by atoms with Crippen molar-refractivity contribution in [2.45, 2.75) is 24.8 Å². The summed E-state index contributed by atoms with van der Waals surface area (Å²) in [4.78, 5) is 21.4. The largest absolute Gasteiger partial charge is 0.479 e. The number of ether oxygens (including phenoxy) is 2. The van der Waals surface area contributed by atoms with Crippen molar-refractivity contribution < 1.29 is 31.8 Å². The number of benzene rings is 2. The van der Waals surface area contributed by atoms with Gasteiger partial charge in [-0.15, -0.1) is 0 Å². The number of non-ortho nitro benzene ring substituents is 1. The number of esters is 1. The van der Waals surface area contributed by atoms with Gasteiger partial charge in [0.25, 0.3) is 5.69 Å². The number of carbonyl (C=O) groups excluding carboxylic acids is 1. The molecule has 1 unspecified atom stereocenters. The second kappa shape index (κ2) is 8.49. The molecule has 0 amide bonds. The monoisotopic (exact) mass is 395 g/mol. The number of hydrogen-bond donors (Lipinski definition) is 0. The Morgan fingerprint density at radius 1 is 1.07 bits per heavy atom. The molecule has 1 atom stereocenters. The van der Waals surface area contributed by atoms with Crippen molar-refractivity contribution in [1.82, 2.24) is 0 Å². The van der Waals surface area contributed by atoms with E-state index < -0.39 is 27.1 Å². The summed E-state index contributed by atoms with van der Waals surface area (Å²) >= 11 is 0. The van der Waals surface area contributed by atoms with E-state index in [2.05, 4.69) is 0 Å². The van der Waals surface area contributed by atoms with Crippen LogP contribution in [0.5, 0.6) is 11.5 Å². The summed E-state index contributed by atoms with van der Waals surface area (Å²) in [5.74, 6) is -0.308. The van der Waals surface area contributed by atoms with Crippen molar-refractivity contribution in [1.29, 1.82) is 0 Å². The molecule has 0 spiro atoms. The molecule has 27 heavy (non-hydrogen) atoms. The average molecular weight is 395 g/mol. The highest BCUT2D eigenvalue weighted by Gasteiger charge is 2.19. The molecular formula is C17H17NO8S. The quantitative estimate of drug-likeness (QED) is 0.289. The number of nitro benzene ring substituents is 1. The van der Waals surface area contributed by atoms with E-state index in [1.807, 2.05) is 0 Å². The maximum atomic E-state index is 12.3. The van der Waals surface area contributed by atoms with Crippen LogP contribution >= 0.6 is 0 Å². The van der Waals surface area contributed by atoms with Crippen molar-refractivity contribution in [2.75, 3.05) is 6.61 Å². The van der Waals surface area contributed by atoms with Crippen LogP contribution in [-0.2, 0) is 19.6 Å². The highest BCUT2D eigenvalue weighted by molar-refractivity contribution is 7.87. The van der Waals surface area contributed by atoms with E-state index in [0.717, 1.165) is 12.1 Å². The molecule has 2 aromatic carbocycles. The Labute approximate surface area is 155 Å². The highest BCUT2D eigenvalue weighted by Crippen LogP contribution is 2.23. The van der Waals surface area contributed by atoms with Gasteiger partial charge in [0.05, 0.1) is 11.5 Å². The Bertz CT molecular complexity index is 907. The normalized spacial score (nSPS) is 12.1. The number of hydrogen-bond acceptors (Lipinski definition) is 8. The topological polar surface area (TPSA) is 122 Å². The Kier molecular flexibility index (Phi) is 6.35. The smallest absolute Gasteiger partial charge is 0.347 e. The van der Waals surface area contributed by atoms with Crippen LogP contribution in [0.1, 0.15) is 13.8 Å². The van der Waals surface area contributed by atoms with Gasteiger partial charge in [-0.1, -0.05) is 0 Å². The minimum atomic E-state index is -4.13. The van der Waals surface area contributed by atoms with Crippen LogP contribution in [0.15, 0.2) is 53.4 Å². The van der Waals surface area contributed by atoms with E-state index >= 15 is 0 Å². The van der Waals surface area contributed by atoms with Gasteiger partial charge in [0, 0.05) is 12.1 Å². The van der Waals surface area contributed by atoms with Gasteiger partial charge in [0.15, 0.2) is 6.10 Å². The third-order valence-electron chi connectivity index (χ3n) is 3.30. The minimum Gasteiger partial charge on any atom is -0.479 e. The standard InChI is InChI=1S/C17H17NO8S/c1-3-24-17(19)12(2)25-14-8-10-16(11-9-14)27(22,23)26-15-6-4-13(5-7-15)18(20)21/h4-12H,3H2,1-2H3.